The Kier molecular flexibility index (Phi) is 8.63. The summed E-state index contributed by atoms with van der Waals surface area (Å²) in [7, 11) is 3.22. The van der Waals surface area contributed by atoms with Crippen LogP contribution in [0.2, 0.25) is 0 Å². The molecule has 0 spiro atoms. The highest BCUT2D eigenvalue weighted by Crippen LogP contribution is 2.35. The average molecular weight is 453 g/mol. The van der Waals surface area contributed by atoms with Gasteiger partial charge in [0.2, 0.25) is 0 Å². The third-order valence-corrected chi connectivity index (χ3v) is 5.25. The summed E-state index contributed by atoms with van der Waals surface area (Å²) < 4.78 is 16.3. The summed E-state index contributed by atoms with van der Waals surface area (Å²) in [4.78, 5) is 30.3. The van der Waals surface area contributed by atoms with Crippen molar-refractivity contribution in [2.45, 2.75) is 13.8 Å². The minimum atomic E-state index is -0.353. The zero-order valence-corrected chi connectivity index (χ0v) is 19.7. The summed E-state index contributed by atoms with van der Waals surface area (Å²) in [5.74, 6) is 0.426. The summed E-state index contributed by atoms with van der Waals surface area (Å²) in [6, 6.07) is 16.3. The van der Waals surface area contributed by atoms with Crippen molar-refractivity contribution in [1.29, 1.82) is 0 Å². The first-order chi connectivity index (χ1) is 16.0. The highest BCUT2D eigenvalue weighted by atomic mass is 16.5. The molecule has 0 fully saturated rings. The van der Waals surface area contributed by atoms with Gasteiger partial charge in [0.1, 0.15) is 11.4 Å². The van der Waals surface area contributed by atoms with Crippen LogP contribution in [-0.4, -0.2) is 63.8 Å². The van der Waals surface area contributed by atoms with Gasteiger partial charge in [-0.15, -0.1) is 0 Å². The number of hydrogen-bond acceptors (Lipinski definition) is 6. The molecule has 0 radical (unpaired) electrons. The third kappa shape index (κ3) is 5.80. The molecule has 3 rings (SSSR count). The normalized spacial score (nSPS) is 13.9. The first-order valence-electron chi connectivity index (χ1n) is 11.1. The Morgan fingerprint density at radius 1 is 0.848 bits per heavy atom. The molecule has 176 valence electrons. The molecule has 0 N–H and O–H groups in total. The fourth-order valence-electron chi connectivity index (χ4n) is 3.60. The molecule has 0 saturated carbocycles. The molecule has 0 unspecified atom stereocenters. The first kappa shape index (κ1) is 24.5. The minimum absolute atomic E-state index is 0.350. The molecule has 2 aromatic carbocycles. The van der Waals surface area contributed by atoms with E-state index in [2.05, 4.69) is 13.8 Å². The zero-order valence-electron chi connectivity index (χ0n) is 19.7. The minimum Gasteiger partial charge on any atom is -0.493 e. The molecule has 0 saturated heterocycles. The molecule has 0 aliphatic carbocycles. The number of carbonyl (C=O) groups excluding carboxylic acids is 2. The number of hydrogen-bond donors (Lipinski definition) is 0. The lowest BCUT2D eigenvalue weighted by molar-refractivity contribution is -0.120. The maximum Gasteiger partial charge on any atom is 0.282 e. The van der Waals surface area contributed by atoms with Gasteiger partial charge in [0, 0.05) is 27.3 Å². The Bertz CT molecular complexity index is 962. The molecule has 2 aromatic rings. The standard InChI is InChI=1S/C26H32N2O5/c1-19(2)18-33-22-12-10-20(11-13-22)23-24(27(14-16-31-3)15-17-32-4)26(30)28(25(23)29)21-8-6-5-7-9-21/h5-13,19H,14-18H2,1-4H3. The predicted octanol–water partition coefficient (Wildman–Crippen LogP) is 3.60. The summed E-state index contributed by atoms with van der Waals surface area (Å²) in [5, 5.41) is 0. The van der Waals surface area contributed by atoms with Crippen molar-refractivity contribution < 1.29 is 23.8 Å². The maximum absolute atomic E-state index is 13.6. The van der Waals surface area contributed by atoms with Gasteiger partial charge < -0.3 is 19.1 Å². The van der Waals surface area contributed by atoms with E-state index >= 15 is 0 Å². The van der Waals surface area contributed by atoms with E-state index in [1.165, 1.54) is 4.90 Å². The summed E-state index contributed by atoms with van der Waals surface area (Å²) in [6.07, 6.45) is 0. The van der Waals surface area contributed by atoms with Gasteiger partial charge in [-0.3, -0.25) is 9.59 Å². The molecular formula is C26H32N2O5. The van der Waals surface area contributed by atoms with Gasteiger partial charge in [-0.2, -0.15) is 0 Å². The van der Waals surface area contributed by atoms with Crippen molar-refractivity contribution in [3.05, 3.63) is 65.9 Å². The van der Waals surface area contributed by atoms with Crippen molar-refractivity contribution in [3.8, 4) is 5.75 Å². The molecule has 0 atom stereocenters. The summed E-state index contributed by atoms with van der Waals surface area (Å²) >= 11 is 0. The van der Waals surface area contributed by atoms with Crippen molar-refractivity contribution in [2.75, 3.05) is 52.0 Å². The van der Waals surface area contributed by atoms with Gasteiger partial charge >= 0.3 is 0 Å². The molecule has 1 aliphatic rings. The molecule has 7 heteroatoms. The van der Waals surface area contributed by atoms with E-state index in [-0.39, 0.29) is 11.8 Å². The Morgan fingerprint density at radius 2 is 1.45 bits per heavy atom. The number of anilines is 1. The van der Waals surface area contributed by atoms with Crippen LogP contribution in [0, 0.1) is 5.92 Å². The van der Waals surface area contributed by atoms with Crippen LogP contribution >= 0.6 is 0 Å². The fraction of sp³-hybridized carbons (Fsp3) is 0.385. The average Bonchev–Trinajstić information content (AvgIpc) is 3.08. The number of benzene rings is 2. The molecule has 2 amide bonds. The lowest BCUT2D eigenvalue weighted by atomic mass is 10.0. The van der Waals surface area contributed by atoms with Crippen LogP contribution in [0.4, 0.5) is 5.69 Å². The monoisotopic (exact) mass is 452 g/mol. The number of amides is 2. The number of methoxy groups -OCH3 is 2. The zero-order chi connectivity index (χ0) is 23.8. The quantitative estimate of drug-likeness (QED) is 0.459. The Morgan fingerprint density at radius 3 is 2.00 bits per heavy atom. The van der Waals surface area contributed by atoms with E-state index in [1.807, 2.05) is 47.4 Å². The van der Waals surface area contributed by atoms with Crippen LogP contribution in [0.3, 0.4) is 0 Å². The van der Waals surface area contributed by atoms with E-state index in [9.17, 15) is 9.59 Å². The Hall–Kier alpha value is -3.16. The van der Waals surface area contributed by atoms with E-state index in [0.29, 0.717) is 61.3 Å². The van der Waals surface area contributed by atoms with Crippen molar-refractivity contribution in [2.24, 2.45) is 5.92 Å². The molecule has 1 aliphatic heterocycles. The van der Waals surface area contributed by atoms with Gasteiger partial charge in [0.25, 0.3) is 11.8 Å². The lowest BCUT2D eigenvalue weighted by Gasteiger charge is -2.25. The van der Waals surface area contributed by atoms with Crippen molar-refractivity contribution in [3.63, 3.8) is 0 Å². The predicted molar refractivity (Wildman–Crippen MR) is 128 cm³/mol. The Labute approximate surface area is 195 Å². The van der Waals surface area contributed by atoms with Crippen LogP contribution in [0.1, 0.15) is 19.4 Å². The van der Waals surface area contributed by atoms with Gasteiger partial charge in [-0.1, -0.05) is 44.2 Å². The van der Waals surface area contributed by atoms with Gasteiger partial charge in [-0.05, 0) is 35.7 Å². The second-order valence-electron chi connectivity index (χ2n) is 8.21. The van der Waals surface area contributed by atoms with Gasteiger partial charge in [0.15, 0.2) is 0 Å². The highest BCUT2D eigenvalue weighted by molar-refractivity contribution is 6.45. The summed E-state index contributed by atoms with van der Waals surface area (Å²) in [5.41, 5.74) is 1.93. The maximum atomic E-state index is 13.6. The topological polar surface area (TPSA) is 68.3 Å². The molecule has 7 nitrogen and oxygen atoms in total. The molecule has 1 heterocycles. The number of carbonyl (C=O) groups is 2. The van der Waals surface area contributed by atoms with Crippen molar-refractivity contribution >= 4 is 23.1 Å². The highest BCUT2D eigenvalue weighted by Gasteiger charge is 2.42. The number of imide groups is 1. The fourth-order valence-corrected chi connectivity index (χ4v) is 3.60. The Balaban J connectivity index is 2.04. The van der Waals surface area contributed by atoms with E-state index in [4.69, 9.17) is 14.2 Å². The van der Waals surface area contributed by atoms with E-state index in [0.717, 1.165) is 5.75 Å². The van der Waals surface area contributed by atoms with E-state index in [1.54, 1.807) is 26.4 Å². The molecule has 0 bridgehead atoms. The number of ether oxygens (including phenoxy) is 3. The van der Waals surface area contributed by atoms with Crippen LogP contribution in [0.5, 0.6) is 5.75 Å². The molecule has 0 aromatic heterocycles. The van der Waals surface area contributed by atoms with Gasteiger partial charge in [-0.25, -0.2) is 4.90 Å². The van der Waals surface area contributed by atoms with Crippen LogP contribution < -0.4 is 9.64 Å². The van der Waals surface area contributed by atoms with Gasteiger partial charge in [0.05, 0.1) is 31.1 Å². The number of nitrogens with zero attached hydrogens (tertiary/aromatic N) is 2. The van der Waals surface area contributed by atoms with Crippen LogP contribution in [0.25, 0.3) is 5.57 Å². The second-order valence-corrected chi connectivity index (χ2v) is 8.21. The van der Waals surface area contributed by atoms with Crippen LogP contribution in [0.15, 0.2) is 60.3 Å². The molecule has 33 heavy (non-hydrogen) atoms. The van der Waals surface area contributed by atoms with E-state index < -0.39 is 0 Å². The molecular weight excluding hydrogens is 420 g/mol. The van der Waals surface area contributed by atoms with Crippen LogP contribution in [-0.2, 0) is 19.1 Å². The smallest absolute Gasteiger partial charge is 0.282 e. The largest absolute Gasteiger partial charge is 0.493 e. The lowest BCUT2D eigenvalue weighted by Crippen LogP contribution is -2.37. The number of rotatable bonds is 12. The van der Waals surface area contributed by atoms with Crippen molar-refractivity contribution in [1.82, 2.24) is 4.90 Å². The SMILES string of the molecule is COCCN(CCOC)C1=C(c2ccc(OCC(C)C)cc2)C(=O)N(c2ccccc2)C1=O. The second kappa shape index (κ2) is 11.6. The summed E-state index contributed by atoms with van der Waals surface area (Å²) in [6.45, 7) is 6.51. The number of para-hydroxylation sites is 1. The third-order valence-electron chi connectivity index (χ3n) is 5.25. The first-order valence-corrected chi connectivity index (χ1v) is 11.1.